The molecular weight excluding hydrogens is 342 g/mol. The monoisotopic (exact) mass is 365 g/mol. The van der Waals surface area contributed by atoms with Gasteiger partial charge in [0.1, 0.15) is 5.65 Å². The van der Waals surface area contributed by atoms with Gasteiger partial charge in [0, 0.05) is 12.6 Å². The van der Waals surface area contributed by atoms with Crippen LogP contribution >= 0.6 is 0 Å². The summed E-state index contributed by atoms with van der Waals surface area (Å²) >= 11 is 0. The molecule has 0 aromatic carbocycles. The van der Waals surface area contributed by atoms with Gasteiger partial charge in [0.05, 0.1) is 13.2 Å². The lowest BCUT2D eigenvalue weighted by molar-refractivity contribution is 0.0510. The molecule has 9 heteroatoms. The molecule has 26 heavy (non-hydrogen) atoms. The van der Waals surface area contributed by atoms with Crippen molar-refractivity contribution in [2.45, 2.75) is 41.2 Å². The number of aromatic hydroxyl groups is 1. The van der Waals surface area contributed by atoms with Crippen LogP contribution in [0.4, 0.5) is 0 Å². The number of aromatic nitrogens is 3. The first-order valence-corrected chi connectivity index (χ1v) is 8.30. The highest BCUT2D eigenvalue weighted by Gasteiger charge is 2.28. The number of fused-ring (bicyclic) bond motifs is 1. The number of carbonyl (C=O) groups is 2. The van der Waals surface area contributed by atoms with Gasteiger partial charge in [-0.2, -0.15) is 9.61 Å². The van der Waals surface area contributed by atoms with E-state index in [2.05, 4.69) is 5.10 Å². The lowest BCUT2D eigenvalue weighted by atomic mass is 9.96. The molecule has 2 aromatic rings. The highest BCUT2D eigenvalue weighted by molar-refractivity contribution is 5.92. The average Bonchev–Trinajstić information content (AvgIpc) is 2.97. The molecule has 2 aromatic heterocycles. The third-order valence-electron chi connectivity index (χ3n) is 3.45. The molecule has 0 atom stereocenters. The van der Waals surface area contributed by atoms with E-state index in [0.29, 0.717) is 0 Å². The number of hydrogen-bond acceptors (Lipinski definition) is 7. The summed E-state index contributed by atoms with van der Waals surface area (Å²) in [5.41, 5.74) is -1.60. The Hall–Kier alpha value is -2.84. The van der Waals surface area contributed by atoms with Crippen LogP contribution in [0, 0.1) is 5.41 Å². The van der Waals surface area contributed by atoms with Crippen LogP contribution in [-0.4, -0.2) is 44.4 Å². The summed E-state index contributed by atoms with van der Waals surface area (Å²) in [6.45, 7) is 9.48. The number of esters is 2. The second kappa shape index (κ2) is 7.19. The topological polar surface area (TPSA) is 112 Å². The number of hydrogen-bond donors (Lipinski definition) is 1. The largest absolute Gasteiger partial charge is 0.494 e. The molecule has 2 rings (SSSR count). The van der Waals surface area contributed by atoms with E-state index in [-0.39, 0.29) is 36.5 Å². The Morgan fingerprint density at radius 1 is 1.15 bits per heavy atom. The second-order valence-corrected chi connectivity index (χ2v) is 6.89. The molecule has 0 radical (unpaired) electrons. The van der Waals surface area contributed by atoms with E-state index in [9.17, 15) is 19.5 Å². The van der Waals surface area contributed by atoms with Crippen molar-refractivity contribution < 1.29 is 24.2 Å². The van der Waals surface area contributed by atoms with Crippen molar-refractivity contribution in [1.82, 2.24) is 14.2 Å². The van der Waals surface area contributed by atoms with Crippen molar-refractivity contribution in [2.75, 3.05) is 13.2 Å². The highest BCUT2D eigenvalue weighted by Crippen LogP contribution is 2.25. The molecule has 0 unspecified atom stereocenters. The van der Waals surface area contributed by atoms with Gasteiger partial charge in [0.2, 0.25) is 5.88 Å². The molecule has 2 heterocycles. The van der Waals surface area contributed by atoms with E-state index >= 15 is 0 Å². The third kappa shape index (κ3) is 3.71. The van der Waals surface area contributed by atoms with Crippen LogP contribution in [0.2, 0.25) is 0 Å². The van der Waals surface area contributed by atoms with Gasteiger partial charge in [-0.25, -0.2) is 9.59 Å². The van der Waals surface area contributed by atoms with Crippen molar-refractivity contribution in [3.63, 3.8) is 0 Å². The van der Waals surface area contributed by atoms with Crippen LogP contribution in [0.25, 0.3) is 5.65 Å². The molecule has 9 nitrogen and oxygen atoms in total. The first-order chi connectivity index (χ1) is 12.1. The number of nitrogens with zero attached hydrogens (tertiary/aromatic N) is 3. The highest BCUT2D eigenvalue weighted by atomic mass is 16.5. The van der Waals surface area contributed by atoms with Crippen LogP contribution in [0.1, 0.15) is 55.5 Å². The van der Waals surface area contributed by atoms with Crippen LogP contribution < -0.4 is 5.56 Å². The molecule has 0 aliphatic heterocycles. The van der Waals surface area contributed by atoms with E-state index < -0.39 is 28.9 Å². The van der Waals surface area contributed by atoms with E-state index in [0.717, 1.165) is 4.52 Å². The quantitative estimate of drug-likeness (QED) is 0.801. The van der Waals surface area contributed by atoms with Gasteiger partial charge in [-0.15, -0.1) is 0 Å². The predicted octanol–water partition coefficient (Wildman–Crippen LogP) is 1.60. The Balaban J connectivity index is 2.80. The van der Waals surface area contributed by atoms with Crippen molar-refractivity contribution in [2.24, 2.45) is 5.41 Å². The summed E-state index contributed by atoms with van der Waals surface area (Å²) in [5, 5.41) is 14.5. The lowest BCUT2D eigenvalue weighted by Gasteiger charge is -2.22. The first-order valence-electron chi connectivity index (χ1n) is 8.30. The Morgan fingerprint density at radius 3 is 2.27 bits per heavy atom. The maximum Gasteiger partial charge on any atom is 0.358 e. The molecular formula is C17H23N3O6. The van der Waals surface area contributed by atoms with Crippen LogP contribution in [0.5, 0.6) is 5.88 Å². The number of ether oxygens (including phenoxy) is 2. The number of carbonyl (C=O) groups excluding carboxylic acids is 2. The summed E-state index contributed by atoms with van der Waals surface area (Å²) in [4.78, 5) is 36.8. The van der Waals surface area contributed by atoms with Gasteiger partial charge in [-0.3, -0.25) is 9.36 Å². The minimum absolute atomic E-state index is 0.0439. The summed E-state index contributed by atoms with van der Waals surface area (Å²) in [6, 6.07) is 1.35. The van der Waals surface area contributed by atoms with Gasteiger partial charge in [-0.05, 0) is 19.3 Å². The molecule has 142 valence electrons. The van der Waals surface area contributed by atoms with Gasteiger partial charge >= 0.3 is 11.9 Å². The fraction of sp³-hybridized carbons (Fsp3) is 0.529. The maximum absolute atomic E-state index is 12.7. The third-order valence-corrected chi connectivity index (χ3v) is 3.45. The van der Waals surface area contributed by atoms with Crippen LogP contribution in [-0.2, 0) is 16.0 Å². The van der Waals surface area contributed by atoms with Gasteiger partial charge in [0.15, 0.2) is 11.3 Å². The lowest BCUT2D eigenvalue weighted by Crippen LogP contribution is -2.29. The zero-order valence-electron chi connectivity index (χ0n) is 15.5. The van der Waals surface area contributed by atoms with Crippen molar-refractivity contribution in [3.8, 4) is 5.88 Å². The Labute approximate surface area is 150 Å². The second-order valence-electron chi connectivity index (χ2n) is 6.89. The van der Waals surface area contributed by atoms with E-state index in [1.807, 2.05) is 20.8 Å². The van der Waals surface area contributed by atoms with Gasteiger partial charge < -0.3 is 14.6 Å². The van der Waals surface area contributed by atoms with Crippen molar-refractivity contribution in [1.29, 1.82) is 0 Å². The standard InChI is InChI=1S/C17H23N3O6/c1-6-25-15(23)10-8-11-19(9-17(3,4)5)13(21)12(16(24)26-7-2)14(22)20(11)18-10/h8,21H,6-7,9H2,1-5H3. The molecule has 0 spiro atoms. The summed E-state index contributed by atoms with van der Waals surface area (Å²) in [6.07, 6.45) is 0. The normalized spacial score (nSPS) is 11.6. The Bertz CT molecular complexity index is 904. The summed E-state index contributed by atoms with van der Waals surface area (Å²) < 4.78 is 12.0. The molecule has 0 bridgehead atoms. The maximum atomic E-state index is 12.7. The van der Waals surface area contributed by atoms with Crippen molar-refractivity contribution in [3.05, 3.63) is 27.7 Å². The van der Waals surface area contributed by atoms with E-state index in [1.165, 1.54) is 10.6 Å². The number of rotatable bonds is 5. The average molecular weight is 365 g/mol. The molecule has 0 fully saturated rings. The smallest absolute Gasteiger partial charge is 0.358 e. The molecule has 0 saturated heterocycles. The minimum atomic E-state index is -0.951. The van der Waals surface area contributed by atoms with E-state index in [4.69, 9.17) is 9.47 Å². The van der Waals surface area contributed by atoms with Crippen LogP contribution in [0.3, 0.4) is 0 Å². The van der Waals surface area contributed by atoms with E-state index in [1.54, 1.807) is 13.8 Å². The molecule has 0 amide bonds. The Kier molecular flexibility index (Phi) is 5.38. The van der Waals surface area contributed by atoms with Crippen LogP contribution in [0.15, 0.2) is 10.9 Å². The molecule has 0 aliphatic carbocycles. The van der Waals surface area contributed by atoms with Crippen molar-refractivity contribution >= 4 is 17.6 Å². The first kappa shape index (κ1) is 19.5. The zero-order chi connectivity index (χ0) is 19.6. The fourth-order valence-electron chi connectivity index (χ4n) is 2.47. The molecule has 0 saturated carbocycles. The predicted molar refractivity (Wildman–Crippen MR) is 92.5 cm³/mol. The fourth-order valence-corrected chi connectivity index (χ4v) is 2.47. The Morgan fingerprint density at radius 2 is 1.73 bits per heavy atom. The summed E-state index contributed by atoms with van der Waals surface area (Å²) in [7, 11) is 0. The summed E-state index contributed by atoms with van der Waals surface area (Å²) in [5.74, 6) is -2.17. The minimum Gasteiger partial charge on any atom is -0.494 e. The molecule has 1 N–H and O–H groups in total. The van der Waals surface area contributed by atoms with Gasteiger partial charge in [-0.1, -0.05) is 20.8 Å². The SMILES string of the molecule is CCOC(=O)c1cc2n(CC(C)(C)C)c(O)c(C(=O)OCC)c(=O)n2n1. The molecule has 0 aliphatic rings. The zero-order valence-corrected chi connectivity index (χ0v) is 15.5. The van der Waals surface area contributed by atoms with Gasteiger partial charge in [0.25, 0.3) is 5.56 Å².